The molecule has 4 rings (SSSR count). The van der Waals surface area contributed by atoms with Crippen LogP contribution < -0.4 is 10.6 Å². The highest BCUT2D eigenvalue weighted by molar-refractivity contribution is 6.16. The number of aromatic nitrogens is 1. The highest BCUT2D eigenvalue weighted by atomic mass is 16.5. The zero-order valence-electron chi connectivity index (χ0n) is 20.4. The van der Waals surface area contributed by atoms with Crippen LogP contribution in [0.3, 0.4) is 0 Å². The number of para-hydroxylation sites is 1. The van der Waals surface area contributed by atoms with Crippen molar-refractivity contribution >= 4 is 35.6 Å². The normalized spacial score (nSPS) is 14.2. The molecule has 0 radical (unpaired) electrons. The lowest BCUT2D eigenvalue weighted by Crippen LogP contribution is -2.38. The molecule has 2 heterocycles. The third-order valence-corrected chi connectivity index (χ3v) is 5.92. The van der Waals surface area contributed by atoms with E-state index in [9.17, 15) is 19.2 Å². The van der Waals surface area contributed by atoms with Crippen LogP contribution >= 0.6 is 0 Å². The first-order valence-corrected chi connectivity index (χ1v) is 11.3. The number of amides is 4. The van der Waals surface area contributed by atoms with Crippen LogP contribution in [0, 0.1) is 20.8 Å². The van der Waals surface area contributed by atoms with Crippen LogP contribution in [0.4, 0.5) is 10.5 Å². The fraction of sp³-hybridized carbons (Fsp3) is 0.185. The third kappa shape index (κ3) is 4.76. The molecular formula is C27H26N4O5. The third-order valence-electron chi connectivity index (χ3n) is 5.92. The number of benzene rings is 2. The van der Waals surface area contributed by atoms with Gasteiger partial charge in [-0.3, -0.25) is 9.59 Å². The van der Waals surface area contributed by atoms with Gasteiger partial charge in [-0.25, -0.2) is 14.5 Å². The Balaban J connectivity index is 1.57. The number of ether oxygens (including phenoxy) is 1. The predicted molar refractivity (Wildman–Crippen MR) is 135 cm³/mol. The second-order valence-corrected chi connectivity index (χ2v) is 8.46. The van der Waals surface area contributed by atoms with E-state index in [0.29, 0.717) is 22.5 Å². The van der Waals surface area contributed by atoms with Gasteiger partial charge < -0.3 is 19.9 Å². The van der Waals surface area contributed by atoms with Gasteiger partial charge in [0.05, 0.1) is 18.4 Å². The van der Waals surface area contributed by atoms with Crippen molar-refractivity contribution in [2.24, 2.45) is 0 Å². The summed E-state index contributed by atoms with van der Waals surface area (Å²) in [5.41, 5.74) is 4.98. The molecule has 0 unspecified atom stereocenters. The smallest absolute Gasteiger partial charge is 0.339 e. The molecule has 0 bridgehead atoms. The maximum atomic E-state index is 12.9. The topological polar surface area (TPSA) is 110 Å². The number of carbonyl (C=O) groups is 4. The van der Waals surface area contributed by atoms with Crippen molar-refractivity contribution in [1.82, 2.24) is 14.8 Å². The first-order chi connectivity index (χ1) is 17.2. The summed E-state index contributed by atoms with van der Waals surface area (Å²) in [6.45, 7) is 5.24. The molecule has 2 N–H and O–H groups in total. The Morgan fingerprint density at radius 1 is 1.03 bits per heavy atom. The molecule has 0 saturated carbocycles. The summed E-state index contributed by atoms with van der Waals surface area (Å²) in [5, 5.41) is 5.23. The van der Waals surface area contributed by atoms with E-state index < -0.39 is 30.4 Å². The molecule has 0 spiro atoms. The lowest BCUT2D eigenvalue weighted by atomic mass is 10.1. The van der Waals surface area contributed by atoms with Gasteiger partial charge in [0.15, 0.2) is 0 Å². The summed E-state index contributed by atoms with van der Waals surface area (Å²) in [4.78, 5) is 51.0. The van der Waals surface area contributed by atoms with Crippen molar-refractivity contribution in [3.63, 3.8) is 0 Å². The number of hydrogen-bond donors (Lipinski definition) is 2. The monoisotopic (exact) mass is 486 g/mol. The molecule has 36 heavy (non-hydrogen) atoms. The molecule has 1 aromatic heterocycles. The number of hydrogen-bond acceptors (Lipinski definition) is 5. The van der Waals surface area contributed by atoms with E-state index in [1.807, 2.05) is 49.6 Å². The first-order valence-electron chi connectivity index (χ1n) is 11.3. The second kappa shape index (κ2) is 9.91. The van der Waals surface area contributed by atoms with Gasteiger partial charge in [0.25, 0.3) is 5.91 Å². The molecular weight excluding hydrogens is 460 g/mol. The van der Waals surface area contributed by atoms with Crippen molar-refractivity contribution in [2.75, 3.05) is 19.0 Å². The summed E-state index contributed by atoms with van der Waals surface area (Å²) >= 11 is 0. The zero-order chi connectivity index (χ0) is 26.0. The minimum absolute atomic E-state index is 0.0599. The van der Waals surface area contributed by atoms with E-state index in [1.54, 1.807) is 36.4 Å². The van der Waals surface area contributed by atoms with Crippen LogP contribution in [0.15, 0.2) is 60.3 Å². The molecule has 3 aromatic rings. The van der Waals surface area contributed by atoms with Gasteiger partial charge in [-0.05, 0) is 62.7 Å². The molecule has 1 aliphatic rings. The minimum Gasteiger partial charge on any atom is -0.465 e. The number of carbonyl (C=O) groups excluding carboxylic acids is 4. The number of urea groups is 1. The number of anilines is 1. The largest absolute Gasteiger partial charge is 0.465 e. The summed E-state index contributed by atoms with van der Waals surface area (Å²) in [7, 11) is 1.32. The van der Waals surface area contributed by atoms with Gasteiger partial charge in [-0.1, -0.05) is 29.8 Å². The zero-order valence-corrected chi connectivity index (χ0v) is 20.4. The number of nitrogens with one attached hydrogen (secondary N) is 2. The van der Waals surface area contributed by atoms with E-state index in [1.165, 1.54) is 7.11 Å². The summed E-state index contributed by atoms with van der Waals surface area (Å²) < 4.78 is 6.79. The molecule has 1 saturated heterocycles. The lowest BCUT2D eigenvalue weighted by Gasteiger charge is -2.13. The average molecular weight is 487 g/mol. The minimum atomic E-state index is -0.671. The molecule has 9 nitrogen and oxygen atoms in total. The Labute approximate surface area is 208 Å². The number of nitrogens with zero attached hydrogens (tertiary/aromatic N) is 2. The maximum absolute atomic E-state index is 12.9. The fourth-order valence-electron chi connectivity index (χ4n) is 4.11. The molecule has 0 atom stereocenters. The van der Waals surface area contributed by atoms with Crippen LogP contribution in [0.1, 0.15) is 32.9 Å². The number of aryl methyl sites for hydroxylation is 2. The highest BCUT2D eigenvalue weighted by Crippen LogP contribution is 2.26. The standard InChI is InChI=1S/C27H26N4O5/c1-16-9-11-20(12-10-16)28-24(32)15-30-25(33)22(29-27(30)35)14-19-13-17(2)31(18(19)3)23-8-6-5-7-21(23)26(34)36-4/h5-14H,15H2,1-4H3,(H,28,32)(H,29,35)/b22-14+. The molecule has 0 aliphatic carbocycles. The average Bonchev–Trinajstić information content (AvgIpc) is 3.28. The van der Waals surface area contributed by atoms with Crippen LogP contribution in [0.2, 0.25) is 0 Å². The first kappa shape index (κ1) is 24.5. The number of esters is 1. The highest BCUT2D eigenvalue weighted by Gasteiger charge is 2.35. The van der Waals surface area contributed by atoms with Crippen LogP contribution in [0.5, 0.6) is 0 Å². The van der Waals surface area contributed by atoms with E-state index in [-0.39, 0.29) is 5.70 Å². The Kier molecular flexibility index (Phi) is 6.73. The number of imide groups is 1. The Morgan fingerprint density at radius 3 is 2.42 bits per heavy atom. The molecule has 2 aromatic carbocycles. The SMILES string of the molecule is COC(=O)c1ccccc1-n1c(C)cc(/C=C2/NC(=O)N(CC(=O)Nc3ccc(C)cc3)C2=O)c1C. The van der Waals surface area contributed by atoms with Crippen molar-refractivity contribution in [2.45, 2.75) is 20.8 Å². The van der Waals surface area contributed by atoms with E-state index >= 15 is 0 Å². The Bertz CT molecular complexity index is 1400. The number of methoxy groups -OCH3 is 1. The second-order valence-electron chi connectivity index (χ2n) is 8.46. The fourth-order valence-corrected chi connectivity index (χ4v) is 4.11. The summed E-state index contributed by atoms with van der Waals surface area (Å²) in [5.74, 6) is -1.55. The van der Waals surface area contributed by atoms with E-state index in [2.05, 4.69) is 10.6 Å². The van der Waals surface area contributed by atoms with Crippen LogP contribution in [-0.2, 0) is 14.3 Å². The van der Waals surface area contributed by atoms with Gasteiger partial charge >= 0.3 is 12.0 Å². The molecule has 1 aliphatic heterocycles. The van der Waals surface area contributed by atoms with E-state index in [0.717, 1.165) is 21.9 Å². The van der Waals surface area contributed by atoms with Gasteiger partial charge in [0, 0.05) is 17.1 Å². The van der Waals surface area contributed by atoms with Gasteiger partial charge in [0.1, 0.15) is 12.2 Å². The number of rotatable bonds is 6. The Hall–Kier alpha value is -4.66. The van der Waals surface area contributed by atoms with Gasteiger partial charge in [-0.2, -0.15) is 0 Å². The van der Waals surface area contributed by atoms with Gasteiger partial charge in [0.2, 0.25) is 5.91 Å². The van der Waals surface area contributed by atoms with Crippen molar-refractivity contribution in [3.8, 4) is 5.69 Å². The maximum Gasteiger partial charge on any atom is 0.339 e. The molecule has 4 amide bonds. The lowest BCUT2D eigenvalue weighted by molar-refractivity contribution is -0.127. The predicted octanol–water partition coefficient (Wildman–Crippen LogP) is 3.72. The van der Waals surface area contributed by atoms with E-state index in [4.69, 9.17) is 4.74 Å². The van der Waals surface area contributed by atoms with Crippen molar-refractivity contribution < 1.29 is 23.9 Å². The molecule has 9 heteroatoms. The summed E-state index contributed by atoms with van der Waals surface area (Å²) in [6.07, 6.45) is 1.57. The van der Waals surface area contributed by atoms with Gasteiger partial charge in [-0.15, -0.1) is 0 Å². The Morgan fingerprint density at radius 2 is 1.72 bits per heavy atom. The van der Waals surface area contributed by atoms with Crippen LogP contribution in [0.25, 0.3) is 11.8 Å². The van der Waals surface area contributed by atoms with Crippen molar-refractivity contribution in [3.05, 3.63) is 88.4 Å². The van der Waals surface area contributed by atoms with Crippen molar-refractivity contribution in [1.29, 1.82) is 0 Å². The van der Waals surface area contributed by atoms with Crippen LogP contribution in [-0.4, -0.2) is 46.9 Å². The molecule has 1 fully saturated rings. The quantitative estimate of drug-likeness (QED) is 0.314. The summed E-state index contributed by atoms with van der Waals surface area (Å²) in [6, 6.07) is 15.4. The molecule has 184 valence electrons.